The van der Waals surface area contributed by atoms with Gasteiger partial charge in [0.1, 0.15) is 0 Å². The van der Waals surface area contributed by atoms with E-state index in [4.69, 9.17) is 9.73 Å². The Kier molecular flexibility index (Phi) is 11.3. The number of nitrogens with zero attached hydrogens (tertiary/aromatic N) is 3. The van der Waals surface area contributed by atoms with Gasteiger partial charge in [0, 0.05) is 52.5 Å². The fraction of sp³-hybridized carbons (Fsp3) is 0.731. The second-order valence-corrected chi connectivity index (χ2v) is 9.26. The highest BCUT2D eigenvalue weighted by molar-refractivity contribution is 5.80. The summed E-state index contributed by atoms with van der Waals surface area (Å²) in [7, 11) is 1.78. The number of hydrogen-bond donors (Lipinski definition) is 2. The Balaban J connectivity index is 1.53. The van der Waals surface area contributed by atoms with E-state index in [0.29, 0.717) is 6.04 Å². The van der Waals surface area contributed by atoms with E-state index in [1.807, 2.05) is 0 Å². The summed E-state index contributed by atoms with van der Waals surface area (Å²) >= 11 is 0. The van der Waals surface area contributed by atoms with E-state index in [2.05, 4.69) is 51.6 Å². The van der Waals surface area contributed by atoms with Crippen molar-refractivity contribution in [2.24, 2.45) is 4.99 Å². The quantitative estimate of drug-likeness (QED) is 0.329. The smallest absolute Gasteiger partial charge is 0.191 e. The first kappa shape index (κ1) is 25.0. The maximum atomic E-state index is 5.19. The second kappa shape index (κ2) is 14.5. The van der Waals surface area contributed by atoms with E-state index in [-0.39, 0.29) is 0 Å². The van der Waals surface area contributed by atoms with Crippen molar-refractivity contribution >= 4 is 5.96 Å². The first-order chi connectivity index (χ1) is 15.8. The predicted octanol–water partition coefficient (Wildman–Crippen LogP) is 3.62. The molecule has 0 bridgehead atoms. The van der Waals surface area contributed by atoms with Crippen molar-refractivity contribution in [3.63, 3.8) is 0 Å². The Morgan fingerprint density at radius 3 is 2.41 bits per heavy atom. The third-order valence-electron chi connectivity index (χ3n) is 6.71. The van der Waals surface area contributed by atoms with Crippen LogP contribution in [-0.2, 0) is 17.8 Å². The standard InChI is InChI=1S/C26H45N5O/c1-3-27-26(29-25-13-18-30(19-14-25)17-10-20-32-2)28-21-23-11-6-7-12-24(23)22-31-15-8-4-5-9-16-31/h6-7,11-12,25H,3-5,8-10,13-22H2,1-2H3,(H2,27,28,29). The van der Waals surface area contributed by atoms with E-state index >= 15 is 0 Å². The number of likely N-dealkylation sites (tertiary alicyclic amines) is 2. The predicted molar refractivity (Wildman–Crippen MR) is 134 cm³/mol. The third-order valence-corrected chi connectivity index (χ3v) is 6.71. The summed E-state index contributed by atoms with van der Waals surface area (Å²) in [5.74, 6) is 0.954. The van der Waals surface area contributed by atoms with Crippen LogP contribution in [0.1, 0.15) is 63.0 Å². The lowest BCUT2D eigenvalue weighted by atomic mass is 10.1. The third kappa shape index (κ3) is 8.72. The topological polar surface area (TPSA) is 52.1 Å². The molecule has 6 nitrogen and oxygen atoms in total. The van der Waals surface area contributed by atoms with Gasteiger partial charge in [-0.2, -0.15) is 0 Å². The van der Waals surface area contributed by atoms with Crippen LogP contribution < -0.4 is 10.6 Å². The molecule has 2 heterocycles. The molecule has 0 spiro atoms. The molecular weight excluding hydrogens is 398 g/mol. The minimum absolute atomic E-state index is 0.499. The average molecular weight is 444 g/mol. The van der Waals surface area contributed by atoms with Gasteiger partial charge in [-0.1, -0.05) is 37.1 Å². The molecule has 0 amide bonds. The number of rotatable bonds is 10. The summed E-state index contributed by atoms with van der Waals surface area (Å²) in [5, 5.41) is 7.16. The molecule has 2 aliphatic heterocycles. The normalized spacial score (nSPS) is 19.6. The molecular formula is C26H45N5O. The SMILES string of the molecule is CCNC(=NCc1ccccc1CN1CCCCCC1)NC1CCN(CCCOC)CC1. The molecule has 1 aromatic carbocycles. The van der Waals surface area contributed by atoms with Gasteiger partial charge < -0.3 is 20.3 Å². The number of aliphatic imine (C=N–C) groups is 1. The minimum atomic E-state index is 0.499. The van der Waals surface area contributed by atoms with Crippen molar-refractivity contribution in [2.45, 2.75) is 71.0 Å². The highest BCUT2D eigenvalue weighted by Gasteiger charge is 2.19. The van der Waals surface area contributed by atoms with Crippen LogP contribution in [0.15, 0.2) is 29.3 Å². The van der Waals surface area contributed by atoms with Crippen molar-refractivity contribution < 1.29 is 4.74 Å². The van der Waals surface area contributed by atoms with Crippen LogP contribution in [0.5, 0.6) is 0 Å². The highest BCUT2D eigenvalue weighted by Crippen LogP contribution is 2.17. The zero-order chi connectivity index (χ0) is 22.4. The van der Waals surface area contributed by atoms with Gasteiger partial charge in [-0.05, 0) is 63.2 Å². The first-order valence-electron chi connectivity index (χ1n) is 12.8. The number of benzene rings is 1. The Bertz CT molecular complexity index is 664. The van der Waals surface area contributed by atoms with Gasteiger partial charge in [-0.25, -0.2) is 4.99 Å². The Hall–Kier alpha value is -1.63. The van der Waals surface area contributed by atoms with Crippen LogP contribution in [0.2, 0.25) is 0 Å². The van der Waals surface area contributed by atoms with Crippen LogP contribution in [0.4, 0.5) is 0 Å². The average Bonchev–Trinajstić information content (AvgIpc) is 3.08. The summed E-state index contributed by atoms with van der Waals surface area (Å²) < 4.78 is 5.19. The molecule has 0 unspecified atom stereocenters. The Labute approximate surface area is 195 Å². The van der Waals surface area contributed by atoms with Gasteiger partial charge in [0.25, 0.3) is 0 Å². The monoisotopic (exact) mass is 443 g/mol. The summed E-state index contributed by atoms with van der Waals surface area (Å²) in [6, 6.07) is 9.35. The lowest BCUT2D eigenvalue weighted by Crippen LogP contribution is -2.48. The van der Waals surface area contributed by atoms with Crippen molar-refractivity contribution in [2.75, 3.05) is 53.0 Å². The number of piperidine rings is 1. The molecule has 1 aromatic rings. The molecule has 0 aromatic heterocycles. The molecule has 6 heteroatoms. The molecule has 0 aliphatic carbocycles. The summed E-state index contributed by atoms with van der Waals surface area (Å²) in [4.78, 5) is 10.2. The van der Waals surface area contributed by atoms with Crippen molar-refractivity contribution in [3.8, 4) is 0 Å². The zero-order valence-corrected chi connectivity index (χ0v) is 20.5. The molecule has 2 saturated heterocycles. The Morgan fingerprint density at radius 2 is 1.72 bits per heavy atom. The van der Waals surface area contributed by atoms with E-state index < -0.39 is 0 Å². The van der Waals surface area contributed by atoms with E-state index in [1.54, 1.807) is 7.11 Å². The van der Waals surface area contributed by atoms with Crippen molar-refractivity contribution in [1.82, 2.24) is 20.4 Å². The molecule has 2 aliphatic rings. The van der Waals surface area contributed by atoms with Crippen molar-refractivity contribution in [3.05, 3.63) is 35.4 Å². The summed E-state index contributed by atoms with van der Waals surface area (Å²) in [6.07, 6.45) is 8.89. The molecule has 0 atom stereocenters. The maximum absolute atomic E-state index is 5.19. The van der Waals surface area contributed by atoms with E-state index in [1.165, 1.54) is 62.7 Å². The number of ether oxygens (including phenoxy) is 1. The summed E-state index contributed by atoms with van der Waals surface area (Å²) in [5.41, 5.74) is 2.78. The maximum Gasteiger partial charge on any atom is 0.191 e. The van der Waals surface area contributed by atoms with E-state index in [9.17, 15) is 0 Å². The fourth-order valence-corrected chi connectivity index (χ4v) is 4.81. The van der Waals surface area contributed by atoms with Gasteiger partial charge in [-0.15, -0.1) is 0 Å². The number of hydrogen-bond acceptors (Lipinski definition) is 4. The van der Waals surface area contributed by atoms with Gasteiger partial charge in [-0.3, -0.25) is 4.90 Å². The van der Waals surface area contributed by atoms with Gasteiger partial charge in [0.05, 0.1) is 6.54 Å². The number of nitrogens with one attached hydrogen (secondary N) is 2. The Morgan fingerprint density at radius 1 is 1.00 bits per heavy atom. The molecule has 2 fully saturated rings. The van der Waals surface area contributed by atoms with Crippen LogP contribution in [0, 0.1) is 0 Å². The molecule has 0 saturated carbocycles. The first-order valence-corrected chi connectivity index (χ1v) is 12.8. The molecule has 32 heavy (non-hydrogen) atoms. The zero-order valence-electron chi connectivity index (χ0n) is 20.5. The van der Waals surface area contributed by atoms with Gasteiger partial charge in [0.15, 0.2) is 5.96 Å². The number of methoxy groups -OCH3 is 1. The summed E-state index contributed by atoms with van der Waals surface area (Å²) in [6.45, 7) is 11.6. The van der Waals surface area contributed by atoms with Crippen molar-refractivity contribution in [1.29, 1.82) is 0 Å². The lowest BCUT2D eigenvalue weighted by molar-refractivity contribution is 0.155. The molecule has 2 N–H and O–H groups in total. The molecule has 3 rings (SSSR count). The molecule has 180 valence electrons. The van der Waals surface area contributed by atoms with E-state index in [0.717, 1.165) is 58.3 Å². The van der Waals surface area contributed by atoms with Crippen LogP contribution in [-0.4, -0.2) is 74.8 Å². The fourth-order valence-electron chi connectivity index (χ4n) is 4.81. The minimum Gasteiger partial charge on any atom is -0.385 e. The largest absolute Gasteiger partial charge is 0.385 e. The molecule has 0 radical (unpaired) electrons. The van der Waals surface area contributed by atoms with Crippen LogP contribution in [0.3, 0.4) is 0 Å². The number of guanidine groups is 1. The van der Waals surface area contributed by atoms with Gasteiger partial charge in [0.2, 0.25) is 0 Å². The van der Waals surface area contributed by atoms with Gasteiger partial charge >= 0.3 is 0 Å². The van der Waals surface area contributed by atoms with Crippen LogP contribution in [0.25, 0.3) is 0 Å². The highest BCUT2D eigenvalue weighted by atomic mass is 16.5. The lowest BCUT2D eigenvalue weighted by Gasteiger charge is -2.33. The van der Waals surface area contributed by atoms with Crippen LogP contribution >= 0.6 is 0 Å². The second-order valence-electron chi connectivity index (χ2n) is 9.26.